The lowest BCUT2D eigenvalue weighted by Gasteiger charge is -2.20. The number of anilines is 2. The molecule has 3 rings (SSSR count). The molecule has 236 valence electrons. The fourth-order valence-electron chi connectivity index (χ4n) is 4.82. The molecule has 0 aliphatic carbocycles. The molecule has 0 fully saturated rings. The molecule has 0 bridgehead atoms. The maximum atomic E-state index is 13.4. The Morgan fingerprint density at radius 1 is 0.886 bits per heavy atom. The van der Waals surface area contributed by atoms with Gasteiger partial charge in [-0.05, 0) is 43.2 Å². The van der Waals surface area contributed by atoms with E-state index in [1.54, 1.807) is 43.5 Å². The van der Waals surface area contributed by atoms with Crippen LogP contribution in [0.5, 0.6) is 23.0 Å². The zero-order valence-electron chi connectivity index (χ0n) is 25.7. The van der Waals surface area contributed by atoms with Crippen molar-refractivity contribution in [1.29, 1.82) is 5.26 Å². The lowest BCUT2D eigenvalue weighted by Crippen LogP contribution is -2.33. The number of phenols is 1. The number of para-hydroxylation sites is 3. The van der Waals surface area contributed by atoms with Crippen LogP contribution in [0, 0.1) is 11.3 Å². The van der Waals surface area contributed by atoms with Gasteiger partial charge in [-0.25, -0.2) is 0 Å². The van der Waals surface area contributed by atoms with Crippen LogP contribution >= 0.6 is 11.6 Å². The molecule has 0 aliphatic heterocycles. The zero-order valence-corrected chi connectivity index (χ0v) is 26.5. The van der Waals surface area contributed by atoms with Gasteiger partial charge in [0.05, 0.1) is 29.1 Å². The molecule has 0 spiro atoms. The van der Waals surface area contributed by atoms with Gasteiger partial charge in [-0.3, -0.25) is 4.79 Å². The van der Waals surface area contributed by atoms with E-state index in [9.17, 15) is 15.2 Å². The number of rotatable bonds is 20. The normalized spacial score (nSPS) is 11.3. The van der Waals surface area contributed by atoms with Crippen LogP contribution in [0.25, 0.3) is 0 Å². The Morgan fingerprint density at radius 2 is 1.50 bits per heavy atom. The number of carbonyl (C=O) groups is 1. The summed E-state index contributed by atoms with van der Waals surface area (Å²) < 4.78 is 17.1. The van der Waals surface area contributed by atoms with Crippen LogP contribution in [0.4, 0.5) is 11.4 Å². The maximum absolute atomic E-state index is 13.4. The number of hydrogen-bond acceptors (Lipinski definition) is 7. The van der Waals surface area contributed by atoms with E-state index in [1.807, 2.05) is 12.1 Å². The minimum atomic E-state index is -0.844. The van der Waals surface area contributed by atoms with Gasteiger partial charge in [-0.2, -0.15) is 5.26 Å². The second-order valence-corrected chi connectivity index (χ2v) is 11.0. The summed E-state index contributed by atoms with van der Waals surface area (Å²) in [6.07, 6.45) is 11.4. The first-order valence-corrected chi connectivity index (χ1v) is 15.8. The number of nitrogens with one attached hydrogen (secondary N) is 2. The number of unbranched alkanes of at least 4 members (excludes halogenated alkanes) is 9. The molecular weight excluding hydrogens is 578 g/mol. The van der Waals surface area contributed by atoms with Crippen molar-refractivity contribution >= 4 is 28.9 Å². The summed E-state index contributed by atoms with van der Waals surface area (Å²) in [6.45, 7) is 2.27. The highest BCUT2D eigenvalue weighted by molar-refractivity contribution is 6.34. The quantitative estimate of drug-likeness (QED) is 0.0655. The first-order valence-electron chi connectivity index (χ1n) is 15.5. The minimum absolute atomic E-state index is 0.0447. The fraction of sp³-hybridized carbons (Fsp3) is 0.429. The molecule has 0 heterocycles. The third kappa shape index (κ3) is 11.2. The fourth-order valence-corrected chi connectivity index (χ4v) is 5.03. The second-order valence-electron chi connectivity index (χ2n) is 10.6. The molecule has 1 amide bonds. The summed E-state index contributed by atoms with van der Waals surface area (Å²) in [4.78, 5) is 13.4. The summed E-state index contributed by atoms with van der Waals surface area (Å²) in [5.74, 6) is 0.959. The largest absolute Gasteiger partial charge is 0.506 e. The lowest BCUT2D eigenvalue weighted by molar-refractivity contribution is -0.123. The molecule has 3 N–H and O–H groups in total. The van der Waals surface area contributed by atoms with Crippen molar-refractivity contribution in [2.45, 2.75) is 83.7 Å². The van der Waals surface area contributed by atoms with E-state index >= 15 is 0 Å². The van der Waals surface area contributed by atoms with Crippen LogP contribution in [0.15, 0.2) is 60.7 Å². The van der Waals surface area contributed by atoms with Crippen LogP contribution in [0.1, 0.15) is 83.1 Å². The third-order valence-electron chi connectivity index (χ3n) is 7.29. The van der Waals surface area contributed by atoms with Gasteiger partial charge < -0.3 is 30.0 Å². The second kappa shape index (κ2) is 19.2. The summed E-state index contributed by atoms with van der Waals surface area (Å²) in [5, 5.41) is 26.2. The first kappa shape index (κ1) is 34.4. The Balaban J connectivity index is 1.59. The molecule has 0 aromatic heterocycles. The summed E-state index contributed by atoms with van der Waals surface area (Å²) >= 11 is 6.51. The summed E-state index contributed by atoms with van der Waals surface area (Å²) in [6, 6.07) is 19.1. The van der Waals surface area contributed by atoms with Gasteiger partial charge in [0.15, 0.2) is 24.3 Å². The Morgan fingerprint density at radius 3 is 2.16 bits per heavy atom. The van der Waals surface area contributed by atoms with Gasteiger partial charge in [-0.15, -0.1) is 0 Å². The van der Waals surface area contributed by atoms with E-state index in [4.69, 9.17) is 25.8 Å². The molecule has 0 saturated heterocycles. The van der Waals surface area contributed by atoms with E-state index < -0.39 is 12.0 Å². The highest BCUT2D eigenvalue weighted by atomic mass is 35.5. The van der Waals surface area contributed by atoms with E-state index in [-0.39, 0.29) is 23.2 Å². The molecule has 3 aromatic rings. The van der Waals surface area contributed by atoms with Crippen LogP contribution in [-0.2, 0) is 4.79 Å². The number of aromatic hydroxyl groups is 1. The van der Waals surface area contributed by atoms with E-state index in [0.29, 0.717) is 34.9 Å². The predicted octanol–water partition coefficient (Wildman–Crippen LogP) is 9.07. The molecule has 9 heteroatoms. The van der Waals surface area contributed by atoms with Crippen LogP contribution < -0.4 is 24.8 Å². The Kier molecular flexibility index (Phi) is 15.0. The van der Waals surface area contributed by atoms with E-state index in [2.05, 4.69) is 23.6 Å². The number of nitrogens with zero attached hydrogens (tertiary/aromatic N) is 1. The van der Waals surface area contributed by atoms with Crippen molar-refractivity contribution in [2.24, 2.45) is 0 Å². The number of hydrogen-bond donors (Lipinski definition) is 3. The monoisotopic (exact) mass is 621 g/mol. The zero-order chi connectivity index (χ0) is 31.6. The highest BCUT2D eigenvalue weighted by Crippen LogP contribution is 2.34. The highest BCUT2D eigenvalue weighted by Gasteiger charge is 2.23. The van der Waals surface area contributed by atoms with E-state index in [1.165, 1.54) is 57.1 Å². The number of methoxy groups -OCH3 is 1. The maximum Gasteiger partial charge on any atom is 0.265 e. The van der Waals surface area contributed by atoms with Gasteiger partial charge in [0, 0.05) is 6.07 Å². The average molecular weight is 622 g/mol. The van der Waals surface area contributed by atoms with Crippen molar-refractivity contribution < 1.29 is 24.1 Å². The van der Waals surface area contributed by atoms with Gasteiger partial charge in [-0.1, -0.05) is 101 Å². The van der Waals surface area contributed by atoms with Crippen LogP contribution in [-0.4, -0.2) is 31.0 Å². The van der Waals surface area contributed by atoms with Crippen molar-refractivity contribution in [3.8, 4) is 29.1 Å². The number of halogens is 1. The van der Waals surface area contributed by atoms with Crippen molar-refractivity contribution in [3.63, 3.8) is 0 Å². The van der Waals surface area contributed by atoms with Crippen LogP contribution in [0.3, 0.4) is 0 Å². The van der Waals surface area contributed by atoms with Gasteiger partial charge in [0.25, 0.3) is 5.91 Å². The van der Waals surface area contributed by atoms with Gasteiger partial charge in [0.1, 0.15) is 17.6 Å². The number of phenolic OH excluding ortho intramolecular Hbond substituents is 1. The SMILES string of the molecule is CCCCCCCCCCCCC(Oc1ccccc1C#N)C(=O)Nc1cc(O)c(NCOc2ccccc2OC)cc1Cl. The Labute approximate surface area is 266 Å². The smallest absolute Gasteiger partial charge is 0.265 e. The summed E-state index contributed by atoms with van der Waals surface area (Å²) in [7, 11) is 1.56. The number of amides is 1. The van der Waals surface area contributed by atoms with Crippen molar-refractivity contribution in [1.82, 2.24) is 0 Å². The summed E-state index contributed by atoms with van der Waals surface area (Å²) in [5.41, 5.74) is 0.939. The molecule has 44 heavy (non-hydrogen) atoms. The Bertz CT molecular complexity index is 1360. The topological polar surface area (TPSA) is 113 Å². The predicted molar refractivity (Wildman–Crippen MR) is 176 cm³/mol. The number of ether oxygens (including phenoxy) is 3. The lowest BCUT2D eigenvalue weighted by atomic mass is 10.0. The van der Waals surface area contributed by atoms with Crippen molar-refractivity contribution in [3.05, 3.63) is 71.2 Å². The molecule has 0 radical (unpaired) electrons. The molecule has 1 unspecified atom stereocenters. The van der Waals surface area contributed by atoms with Gasteiger partial charge in [0.2, 0.25) is 0 Å². The third-order valence-corrected chi connectivity index (χ3v) is 7.60. The van der Waals surface area contributed by atoms with Crippen LogP contribution in [0.2, 0.25) is 5.02 Å². The molecule has 3 aromatic carbocycles. The molecule has 1 atom stereocenters. The number of nitriles is 1. The molecule has 8 nitrogen and oxygen atoms in total. The average Bonchev–Trinajstić information content (AvgIpc) is 3.03. The van der Waals surface area contributed by atoms with Crippen molar-refractivity contribution in [2.75, 3.05) is 24.5 Å². The van der Waals surface area contributed by atoms with Gasteiger partial charge >= 0.3 is 0 Å². The first-order chi connectivity index (χ1) is 21.5. The Hall–Kier alpha value is -4.09. The number of carbonyl (C=O) groups excluding carboxylic acids is 1. The minimum Gasteiger partial charge on any atom is -0.506 e. The number of benzene rings is 3. The van der Waals surface area contributed by atoms with E-state index in [0.717, 1.165) is 19.3 Å². The molecule has 0 aliphatic rings. The standard InChI is InChI=1S/C35H44ClN3O5/c1-3-4-5-6-7-8-9-10-11-12-21-34(44-31-18-14-13-17-26(31)24-37)35(41)39-28-23-30(40)29(22-27(28)36)38-25-43-33-20-16-15-19-32(33)42-2/h13-20,22-23,34,38,40H,3-12,21,25H2,1-2H3,(H,39,41). The molecule has 0 saturated carbocycles. The molecular formula is C35H44ClN3O5.